The van der Waals surface area contributed by atoms with Gasteiger partial charge in [0, 0.05) is 43.2 Å². The predicted octanol–water partition coefficient (Wildman–Crippen LogP) is 2.25. The normalized spacial score (nSPS) is 16.1. The average Bonchev–Trinajstić information content (AvgIpc) is 3.06. The summed E-state index contributed by atoms with van der Waals surface area (Å²) in [5, 5.41) is 4.64. The van der Waals surface area contributed by atoms with E-state index >= 15 is 0 Å². The molecule has 27 heavy (non-hydrogen) atoms. The minimum absolute atomic E-state index is 0.0570. The minimum Gasteiger partial charge on any atom is -0.493 e. The van der Waals surface area contributed by atoms with Crippen molar-refractivity contribution < 1.29 is 14.3 Å². The summed E-state index contributed by atoms with van der Waals surface area (Å²) in [4.78, 5) is 26.1. The maximum atomic E-state index is 12.7. The van der Waals surface area contributed by atoms with E-state index in [4.69, 9.17) is 22.1 Å². The minimum atomic E-state index is -0.391. The number of aromatic nitrogens is 2. The molecule has 8 heteroatoms. The second kappa shape index (κ2) is 8.00. The van der Waals surface area contributed by atoms with Gasteiger partial charge in [-0.15, -0.1) is 0 Å². The van der Waals surface area contributed by atoms with Crippen LogP contribution in [0.5, 0.6) is 5.75 Å². The molecule has 0 aliphatic carbocycles. The quantitative estimate of drug-likeness (QED) is 0.819. The van der Waals surface area contributed by atoms with E-state index in [1.807, 2.05) is 12.1 Å². The van der Waals surface area contributed by atoms with Gasteiger partial charge in [0.05, 0.1) is 6.61 Å². The Morgan fingerprint density at radius 1 is 1.30 bits per heavy atom. The van der Waals surface area contributed by atoms with Crippen LogP contribution in [0.15, 0.2) is 36.5 Å². The van der Waals surface area contributed by atoms with Crippen molar-refractivity contribution in [1.82, 2.24) is 14.7 Å². The van der Waals surface area contributed by atoms with Gasteiger partial charge in [0.25, 0.3) is 5.91 Å². The van der Waals surface area contributed by atoms with E-state index in [9.17, 15) is 9.59 Å². The highest BCUT2D eigenvalue weighted by atomic mass is 35.5. The average molecular weight is 391 g/mol. The fraction of sp³-hybridized carbons (Fsp3) is 0.421. The standard InChI is InChI=1S/C19H23ClN4O3/c1-23-16(5-8-22-23)18(26)24-9-6-19(7-10-24,12-17(21)25)13-27-15-4-2-3-14(20)11-15/h2-5,8,11H,6-7,9-10,12-13H2,1H3,(H2,21,25). The molecule has 2 heterocycles. The fourth-order valence-electron chi connectivity index (χ4n) is 3.46. The Bertz CT molecular complexity index is 828. The van der Waals surface area contributed by atoms with Crippen LogP contribution in [-0.4, -0.2) is 46.2 Å². The zero-order chi connectivity index (χ0) is 19.4. The number of piperidine rings is 1. The molecule has 0 spiro atoms. The molecule has 0 unspecified atom stereocenters. The number of amides is 2. The number of nitrogens with two attached hydrogens (primary N) is 1. The van der Waals surface area contributed by atoms with Crippen LogP contribution in [0.1, 0.15) is 29.8 Å². The van der Waals surface area contributed by atoms with Crippen LogP contribution in [-0.2, 0) is 11.8 Å². The van der Waals surface area contributed by atoms with Crippen LogP contribution in [0.25, 0.3) is 0 Å². The molecule has 2 aromatic rings. The lowest BCUT2D eigenvalue weighted by molar-refractivity contribution is -0.121. The summed E-state index contributed by atoms with van der Waals surface area (Å²) in [5.74, 6) is 0.231. The number of ether oxygens (including phenoxy) is 1. The third kappa shape index (κ3) is 4.60. The van der Waals surface area contributed by atoms with Crippen molar-refractivity contribution in [2.75, 3.05) is 19.7 Å². The Balaban J connectivity index is 1.67. The highest BCUT2D eigenvalue weighted by Gasteiger charge is 2.38. The lowest BCUT2D eigenvalue weighted by atomic mass is 9.76. The van der Waals surface area contributed by atoms with E-state index in [0.717, 1.165) is 0 Å². The molecule has 0 atom stereocenters. The highest BCUT2D eigenvalue weighted by Crippen LogP contribution is 2.36. The molecule has 144 valence electrons. The van der Waals surface area contributed by atoms with Crippen LogP contribution in [0.4, 0.5) is 0 Å². The number of carbonyl (C=O) groups is 2. The second-order valence-electron chi connectivity index (χ2n) is 7.02. The monoisotopic (exact) mass is 390 g/mol. The van der Waals surface area contributed by atoms with Crippen LogP contribution >= 0.6 is 11.6 Å². The molecule has 3 rings (SSSR count). The molecule has 0 bridgehead atoms. The summed E-state index contributed by atoms with van der Waals surface area (Å²) in [6.07, 6.45) is 3.11. The summed E-state index contributed by atoms with van der Waals surface area (Å²) >= 11 is 6.00. The Morgan fingerprint density at radius 2 is 2.04 bits per heavy atom. The van der Waals surface area contributed by atoms with E-state index in [0.29, 0.717) is 49.0 Å². The van der Waals surface area contributed by atoms with E-state index < -0.39 is 5.41 Å². The third-order valence-electron chi connectivity index (χ3n) is 5.04. The van der Waals surface area contributed by atoms with Crippen molar-refractivity contribution in [1.29, 1.82) is 0 Å². The lowest BCUT2D eigenvalue weighted by Gasteiger charge is -2.41. The number of hydrogen-bond donors (Lipinski definition) is 1. The number of likely N-dealkylation sites (tertiary alicyclic amines) is 1. The first-order valence-corrected chi connectivity index (χ1v) is 9.20. The van der Waals surface area contributed by atoms with Crippen LogP contribution < -0.4 is 10.5 Å². The van der Waals surface area contributed by atoms with Gasteiger partial charge in [-0.05, 0) is 37.1 Å². The van der Waals surface area contributed by atoms with Gasteiger partial charge in [-0.3, -0.25) is 14.3 Å². The molecule has 1 aromatic carbocycles. The Labute approximate surface area is 163 Å². The molecule has 1 aliphatic rings. The van der Waals surface area contributed by atoms with Gasteiger partial charge in [0.2, 0.25) is 5.91 Å². The molecule has 1 aromatic heterocycles. The third-order valence-corrected chi connectivity index (χ3v) is 5.28. The number of benzene rings is 1. The summed E-state index contributed by atoms with van der Waals surface area (Å²) in [6, 6.07) is 8.85. The molecule has 1 fully saturated rings. The molecule has 1 saturated heterocycles. The summed E-state index contributed by atoms with van der Waals surface area (Å²) in [7, 11) is 1.74. The maximum absolute atomic E-state index is 12.7. The number of aryl methyl sites for hydroxylation is 1. The number of rotatable bonds is 6. The van der Waals surface area contributed by atoms with Crippen molar-refractivity contribution in [2.45, 2.75) is 19.3 Å². The van der Waals surface area contributed by atoms with Crippen molar-refractivity contribution in [3.05, 3.63) is 47.2 Å². The Kier molecular flexibility index (Phi) is 5.70. The fourth-order valence-corrected chi connectivity index (χ4v) is 3.65. The van der Waals surface area contributed by atoms with E-state index in [-0.39, 0.29) is 18.2 Å². The van der Waals surface area contributed by atoms with Crippen molar-refractivity contribution in [3.8, 4) is 5.75 Å². The summed E-state index contributed by atoms with van der Waals surface area (Å²) < 4.78 is 7.47. The van der Waals surface area contributed by atoms with Gasteiger partial charge >= 0.3 is 0 Å². The van der Waals surface area contributed by atoms with Gasteiger partial charge in [0.15, 0.2) is 0 Å². The molecule has 0 saturated carbocycles. The van der Waals surface area contributed by atoms with Gasteiger partial charge in [-0.25, -0.2) is 0 Å². The highest BCUT2D eigenvalue weighted by molar-refractivity contribution is 6.30. The van der Waals surface area contributed by atoms with Crippen molar-refractivity contribution in [2.24, 2.45) is 18.2 Å². The van der Waals surface area contributed by atoms with Gasteiger partial charge in [0.1, 0.15) is 11.4 Å². The molecule has 2 amide bonds. The van der Waals surface area contributed by atoms with Crippen LogP contribution in [0.3, 0.4) is 0 Å². The largest absolute Gasteiger partial charge is 0.493 e. The maximum Gasteiger partial charge on any atom is 0.272 e. The molecule has 0 radical (unpaired) electrons. The van der Waals surface area contributed by atoms with E-state index in [2.05, 4.69) is 5.10 Å². The first-order chi connectivity index (χ1) is 12.9. The van der Waals surface area contributed by atoms with Crippen molar-refractivity contribution in [3.63, 3.8) is 0 Å². The number of halogens is 1. The first kappa shape index (κ1) is 19.2. The van der Waals surface area contributed by atoms with Gasteiger partial charge in [-0.1, -0.05) is 17.7 Å². The number of hydrogen-bond acceptors (Lipinski definition) is 4. The number of carbonyl (C=O) groups excluding carboxylic acids is 2. The zero-order valence-corrected chi connectivity index (χ0v) is 16.0. The summed E-state index contributed by atoms with van der Waals surface area (Å²) in [6.45, 7) is 1.43. The lowest BCUT2D eigenvalue weighted by Crippen LogP contribution is -2.47. The van der Waals surface area contributed by atoms with Crippen LogP contribution in [0.2, 0.25) is 5.02 Å². The summed E-state index contributed by atoms with van der Waals surface area (Å²) in [5.41, 5.74) is 5.64. The smallest absolute Gasteiger partial charge is 0.272 e. The molecular weight excluding hydrogens is 368 g/mol. The van der Waals surface area contributed by atoms with E-state index in [1.165, 1.54) is 0 Å². The van der Waals surface area contributed by atoms with Crippen molar-refractivity contribution >= 4 is 23.4 Å². The van der Waals surface area contributed by atoms with Crippen LogP contribution in [0, 0.1) is 5.41 Å². The second-order valence-corrected chi connectivity index (χ2v) is 7.46. The SMILES string of the molecule is Cn1nccc1C(=O)N1CCC(COc2cccc(Cl)c2)(CC(N)=O)CC1. The van der Waals surface area contributed by atoms with Gasteiger partial charge < -0.3 is 15.4 Å². The topological polar surface area (TPSA) is 90.4 Å². The predicted molar refractivity (Wildman–Crippen MR) is 102 cm³/mol. The Hall–Kier alpha value is -2.54. The van der Waals surface area contributed by atoms with E-state index in [1.54, 1.807) is 41.0 Å². The number of primary amides is 1. The Morgan fingerprint density at radius 3 is 2.63 bits per heavy atom. The zero-order valence-electron chi connectivity index (χ0n) is 15.2. The number of nitrogens with zero attached hydrogens (tertiary/aromatic N) is 3. The molecule has 2 N–H and O–H groups in total. The molecule has 7 nitrogen and oxygen atoms in total. The first-order valence-electron chi connectivity index (χ1n) is 8.82. The molecule has 1 aliphatic heterocycles. The van der Waals surface area contributed by atoms with Gasteiger partial charge in [-0.2, -0.15) is 5.10 Å². The molecular formula is C19H23ClN4O3.